The van der Waals surface area contributed by atoms with Gasteiger partial charge in [-0.3, -0.25) is 14.7 Å². The molecule has 0 aliphatic carbocycles. The lowest BCUT2D eigenvalue weighted by Gasteiger charge is -2.43. The van der Waals surface area contributed by atoms with E-state index >= 15 is 0 Å². The highest BCUT2D eigenvalue weighted by atomic mass is 16.7. The summed E-state index contributed by atoms with van der Waals surface area (Å²) in [5, 5.41) is 12.6. The second kappa shape index (κ2) is 14.2. The molecule has 1 aromatic heterocycles. The van der Waals surface area contributed by atoms with Crippen LogP contribution in [0.3, 0.4) is 0 Å². The van der Waals surface area contributed by atoms with Crippen LogP contribution in [0.4, 0.5) is 0 Å². The average Bonchev–Trinajstić information content (AvgIpc) is 3.09. The molecule has 2 fully saturated rings. The highest BCUT2D eigenvalue weighted by Gasteiger charge is 2.39. The lowest BCUT2D eigenvalue weighted by atomic mass is 9.90. The van der Waals surface area contributed by atoms with E-state index in [1.807, 2.05) is 42.5 Å². The van der Waals surface area contributed by atoms with Gasteiger partial charge in [-0.2, -0.15) is 0 Å². The van der Waals surface area contributed by atoms with Gasteiger partial charge in [0.15, 0.2) is 6.29 Å². The molecule has 8 nitrogen and oxygen atoms in total. The maximum atomic E-state index is 12.6. The molecule has 4 aromatic rings. The van der Waals surface area contributed by atoms with Crippen LogP contribution in [0, 0.1) is 5.92 Å². The second-order valence-electron chi connectivity index (χ2n) is 11.4. The van der Waals surface area contributed by atoms with E-state index in [2.05, 4.69) is 52.5 Å². The van der Waals surface area contributed by atoms with Crippen LogP contribution in [0.15, 0.2) is 97.3 Å². The Kier molecular flexibility index (Phi) is 9.75. The number of ether oxygens (including phenoxy) is 3. The quantitative estimate of drug-likeness (QED) is 0.272. The summed E-state index contributed by atoms with van der Waals surface area (Å²) < 4.78 is 18.9. The Labute approximate surface area is 258 Å². The van der Waals surface area contributed by atoms with Crippen LogP contribution >= 0.6 is 0 Å². The molecule has 0 radical (unpaired) electrons. The Morgan fingerprint density at radius 3 is 2.41 bits per heavy atom. The molecule has 2 aliphatic rings. The third kappa shape index (κ3) is 7.07. The van der Waals surface area contributed by atoms with E-state index in [9.17, 15) is 9.90 Å². The first-order valence-corrected chi connectivity index (χ1v) is 15.3. The molecule has 44 heavy (non-hydrogen) atoms. The number of pyridine rings is 1. The van der Waals surface area contributed by atoms with Gasteiger partial charge in [0.2, 0.25) is 0 Å². The Hall–Kier alpha value is -3.92. The number of amides is 1. The predicted molar refractivity (Wildman–Crippen MR) is 168 cm³/mol. The van der Waals surface area contributed by atoms with Gasteiger partial charge in [0.25, 0.3) is 5.91 Å². The van der Waals surface area contributed by atoms with Gasteiger partial charge in [-0.1, -0.05) is 79.7 Å². The molecule has 2 aliphatic heterocycles. The summed E-state index contributed by atoms with van der Waals surface area (Å²) in [7, 11) is 0. The number of nitrogens with one attached hydrogen (secondary N) is 1. The molecule has 2 N–H and O–H groups in total. The van der Waals surface area contributed by atoms with E-state index in [4.69, 9.17) is 14.2 Å². The van der Waals surface area contributed by atoms with Crippen molar-refractivity contribution < 1.29 is 24.1 Å². The zero-order valence-electron chi connectivity index (χ0n) is 25.0. The van der Waals surface area contributed by atoms with Crippen LogP contribution in [0.1, 0.15) is 51.9 Å². The van der Waals surface area contributed by atoms with Crippen molar-refractivity contribution in [1.29, 1.82) is 0 Å². The van der Waals surface area contributed by atoms with Gasteiger partial charge in [-0.05, 0) is 39.9 Å². The van der Waals surface area contributed by atoms with E-state index in [1.165, 1.54) is 0 Å². The molecule has 6 rings (SSSR count). The Morgan fingerprint density at radius 1 is 0.932 bits per heavy atom. The van der Waals surface area contributed by atoms with Crippen molar-refractivity contribution in [2.45, 2.75) is 38.6 Å². The fourth-order valence-electron chi connectivity index (χ4n) is 5.92. The van der Waals surface area contributed by atoms with Crippen molar-refractivity contribution in [1.82, 2.24) is 15.2 Å². The maximum absolute atomic E-state index is 12.6. The summed E-state index contributed by atoms with van der Waals surface area (Å²) in [4.78, 5) is 19.1. The van der Waals surface area contributed by atoms with E-state index in [0.717, 1.165) is 66.2 Å². The number of benzene rings is 3. The van der Waals surface area contributed by atoms with Crippen molar-refractivity contribution in [2.24, 2.45) is 5.92 Å². The van der Waals surface area contributed by atoms with E-state index < -0.39 is 6.29 Å². The van der Waals surface area contributed by atoms with Gasteiger partial charge in [-0.25, -0.2) is 0 Å². The summed E-state index contributed by atoms with van der Waals surface area (Å²) >= 11 is 0. The summed E-state index contributed by atoms with van der Waals surface area (Å²) in [6, 6.07) is 27.9. The largest absolute Gasteiger partial charge is 0.392 e. The normalized spacial score (nSPS) is 22.4. The zero-order valence-corrected chi connectivity index (χ0v) is 25.0. The molecule has 3 aromatic carbocycles. The van der Waals surface area contributed by atoms with Crippen LogP contribution in [0.2, 0.25) is 0 Å². The smallest absolute Gasteiger partial charge is 0.253 e. The summed E-state index contributed by atoms with van der Waals surface area (Å²) in [5.41, 5.74) is 6.56. The minimum Gasteiger partial charge on any atom is -0.392 e. The number of morpholine rings is 1. The van der Waals surface area contributed by atoms with Gasteiger partial charge in [0.05, 0.1) is 37.6 Å². The molecule has 4 atom stereocenters. The highest BCUT2D eigenvalue weighted by molar-refractivity contribution is 5.93. The minimum atomic E-state index is -0.525. The number of rotatable bonds is 9. The first-order chi connectivity index (χ1) is 21.6. The summed E-state index contributed by atoms with van der Waals surface area (Å²) in [5.74, 6) is -0.0293. The predicted octanol–water partition coefficient (Wildman–Crippen LogP) is 5.29. The lowest BCUT2D eigenvalue weighted by molar-refractivity contribution is -0.277. The van der Waals surface area contributed by atoms with Crippen LogP contribution in [0.25, 0.3) is 11.1 Å². The Balaban J connectivity index is 1.21. The molecule has 0 spiro atoms. The number of aromatic nitrogens is 1. The van der Waals surface area contributed by atoms with Crippen molar-refractivity contribution >= 4 is 5.91 Å². The molecule has 2 saturated heterocycles. The fourth-order valence-corrected chi connectivity index (χ4v) is 5.92. The SMILES string of the molecule is C[C@@H]1[C@H](CN2CCOCC2)O[C@H](c2ccc(-c3ccccc3CNC(=O)c3cccnc3)cc2)O[C@@H]1c1ccc(CO)cc1. The number of nitrogens with zero attached hydrogens (tertiary/aromatic N) is 2. The molecule has 0 saturated carbocycles. The van der Waals surface area contributed by atoms with Crippen LogP contribution < -0.4 is 5.32 Å². The lowest BCUT2D eigenvalue weighted by Crippen LogP contribution is -2.47. The number of hydrogen-bond donors (Lipinski definition) is 2. The first kappa shape index (κ1) is 30.1. The fraction of sp³-hybridized carbons (Fsp3) is 0.333. The molecule has 0 bridgehead atoms. The highest BCUT2D eigenvalue weighted by Crippen LogP contribution is 2.42. The van der Waals surface area contributed by atoms with E-state index in [-0.39, 0.29) is 30.6 Å². The minimum absolute atomic E-state index is 0.0130. The van der Waals surface area contributed by atoms with E-state index in [1.54, 1.807) is 24.5 Å². The molecule has 0 unspecified atom stereocenters. The topological polar surface area (TPSA) is 93.2 Å². The number of carbonyl (C=O) groups excluding carboxylic acids is 1. The second-order valence-corrected chi connectivity index (χ2v) is 11.4. The van der Waals surface area contributed by atoms with Gasteiger partial charge >= 0.3 is 0 Å². The number of aliphatic hydroxyl groups excluding tert-OH is 1. The third-order valence-electron chi connectivity index (χ3n) is 8.54. The standard InChI is InChI=1S/C36H39N3O5/c1-25-33(23-39-17-19-42-20-18-39)43-36(44-34(25)28-10-8-26(24-40)9-11-28)29-14-12-27(13-15-29)32-7-3-2-5-30(32)22-38-35(41)31-6-4-16-37-21-31/h2-16,21,25,33-34,36,40H,17-20,22-24H2,1H3,(H,38,41)/t25-,33+,34+,36+/m1/s1. The summed E-state index contributed by atoms with van der Waals surface area (Å²) in [6.07, 6.45) is 2.51. The Morgan fingerprint density at radius 2 is 1.68 bits per heavy atom. The number of hydrogen-bond acceptors (Lipinski definition) is 7. The molecule has 228 valence electrons. The maximum Gasteiger partial charge on any atom is 0.253 e. The first-order valence-electron chi connectivity index (χ1n) is 15.3. The van der Waals surface area contributed by atoms with Crippen LogP contribution in [-0.2, 0) is 27.4 Å². The van der Waals surface area contributed by atoms with Gasteiger partial charge < -0.3 is 24.6 Å². The van der Waals surface area contributed by atoms with Crippen molar-refractivity contribution in [2.75, 3.05) is 32.8 Å². The average molecular weight is 594 g/mol. The summed E-state index contributed by atoms with van der Waals surface area (Å²) in [6.45, 7) is 6.68. The van der Waals surface area contributed by atoms with E-state index in [0.29, 0.717) is 12.1 Å². The third-order valence-corrected chi connectivity index (χ3v) is 8.54. The number of aliphatic hydroxyl groups is 1. The van der Waals surface area contributed by atoms with Gasteiger partial charge in [-0.15, -0.1) is 0 Å². The van der Waals surface area contributed by atoms with Crippen molar-refractivity contribution in [3.05, 3.63) is 125 Å². The van der Waals surface area contributed by atoms with Crippen molar-refractivity contribution in [3.63, 3.8) is 0 Å². The molecule has 8 heteroatoms. The van der Waals surface area contributed by atoms with Gasteiger partial charge in [0, 0.05) is 50.1 Å². The molecular weight excluding hydrogens is 554 g/mol. The zero-order chi connectivity index (χ0) is 30.3. The van der Waals surface area contributed by atoms with Crippen LogP contribution in [0.5, 0.6) is 0 Å². The molecular formula is C36H39N3O5. The van der Waals surface area contributed by atoms with Crippen LogP contribution in [-0.4, -0.2) is 59.8 Å². The Bertz CT molecular complexity index is 1510. The number of carbonyl (C=O) groups is 1. The molecule has 3 heterocycles. The monoisotopic (exact) mass is 593 g/mol. The van der Waals surface area contributed by atoms with Gasteiger partial charge in [0.1, 0.15) is 0 Å². The van der Waals surface area contributed by atoms with Crippen molar-refractivity contribution in [3.8, 4) is 11.1 Å². The molecule has 1 amide bonds.